The van der Waals surface area contributed by atoms with Crippen LogP contribution in [0.2, 0.25) is 0 Å². The van der Waals surface area contributed by atoms with Crippen LogP contribution in [-0.2, 0) is 6.54 Å². The molecular weight excluding hydrogens is 444 g/mol. The van der Waals surface area contributed by atoms with Gasteiger partial charge in [0.15, 0.2) is 0 Å². The minimum absolute atomic E-state index is 0.640. The van der Waals surface area contributed by atoms with E-state index in [9.17, 15) is 0 Å². The van der Waals surface area contributed by atoms with Gasteiger partial charge in [-0.2, -0.15) is 5.10 Å². The molecule has 0 spiro atoms. The van der Waals surface area contributed by atoms with Gasteiger partial charge >= 0.3 is 0 Å². The summed E-state index contributed by atoms with van der Waals surface area (Å²) in [4.78, 5) is 4.59. The van der Waals surface area contributed by atoms with E-state index in [0.29, 0.717) is 6.61 Å². The molecule has 5 rings (SSSR count). The topological polar surface area (TPSA) is 60.7 Å². The third kappa shape index (κ3) is 4.61. The van der Waals surface area contributed by atoms with Crippen LogP contribution in [0.5, 0.6) is 11.5 Å². The summed E-state index contributed by atoms with van der Waals surface area (Å²) in [6.45, 7) is 3.64. The van der Waals surface area contributed by atoms with Gasteiger partial charge in [0.05, 0.1) is 30.1 Å². The molecule has 7 heteroatoms. The van der Waals surface area contributed by atoms with E-state index in [2.05, 4.69) is 57.3 Å². The highest BCUT2D eigenvalue weighted by Gasteiger charge is 2.12. The molecule has 5 aromatic rings. The highest BCUT2D eigenvalue weighted by Crippen LogP contribution is 2.27. The van der Waals surface area contributed by atoms with Crippen molar-refractivity contribution >= 4 is 43.8 Å². The number of thiazole rings is 1. The first kappa shape index (κ1) is 22.0. The van der Waals surface area contributed by atoms with Crippen molar-refractivity contribution in [2.24, 2.45) is 5.10 Å². The molecule has 2 aromatic heterocycles. The lowest BCUT2D eigenvalue weighted by molar-refractivity contribution is 0.301. The first-order valence-corrected chi connectivity index (χ1v) is 12.0. The Kier molecular flexibility index (Phi) is 6.44. The average molecular weight is 471 g/mol. The Morgan fingerprint density at radius 1 is 1.00 bits per heavy atom. The number of methoxy groups -OCH3 is 1. The number of hydrogen-bond donors (Lipinski definition) is 1. The molecule has 2 heterocycles. The van der Waals surface area contributed by atoms with Gasteiger partial charge in [0, 0.05) is 28.7 Å². The predicted molar refractivity (Wildman–Crippen MR) is 141 cm³/mol. The van der Waals surface area contributed by atoms with Crippen molar-refractivity contribution in [1.29, 1.82) is 0 Å². The van der Waals surface area contributed by atoms with E-state index in [1.807, 2.05) is 48.7 Å². The normalized spacial score (nSPS) is 11.5. The number of ether oxygens (including phenoxy) is 2. The van der Waals surface area contributed by atoms with Gasteiger partial charge in [0.2, 0.25) is 5.13 Å². The standard InChI is InChI=1S/C27H26N4O2S/c1-19-23(18-28-30-27-29-24-9-4-6-11-26(24)34-27)22-8-3-5-10-25(22)31(19)16-7-17-33-21-14-12-20(32-2)13-15-21/h3-6,8-15,18H,7,16-17H2,1-2H3,(H,29,30)/b28-18-. The monoisotopic (exact) mass is 470 g/mol. The Hall–Kier alpha value is -3.84. The maximum absolute atomic E-state index is 5.91. The predicted octanol–water partition coefficient (Wildman–Crippen LogP) is 6.48. The van der Waals surface area contributed by atoms with Gasteiger partial charge in [-0.15, -0.1) is 0 Å². The molecule has 0 unspecified atom stereocenters. The second-order valence-corrected chi connectivity index (χ2v) is 8.93. The number of benzene rings is 3. The van der Waals surface area contributed by atoms with E-state index in [0.717, 1.165) is 45.4 Å². The fourth-order valence-electron chi connectivity index (χ4n) is 4.07. The van der Waals surface area contributed by atoms with Gasteiger partial charge in [-0.3, -0.25) is 5.43 Å². The van der Waals surface area contributed by atoms with E-state index in [1.165, 1.54) is 16.6 Å². The third-order valence-electron chi connectivity index (χ3n) is 5.78. The second-order valence-electron chi connectivity index (χ2n) is 7.90. The zero-order valence-electron chi connectivity index (χ0n) is 19.2. The van der Waals surface area contributed by atoms with Gasteiger partial charge in [0.25, 0.3) is 0 Å². The van der Waals surface area contributed by atoms with Crippen LogP contribution in [-0.4, -0.2) is 29.5 Å². The minimum Gasteiger partial charge on any atom is -0.497 e. The van der Waals surface area contributed by atoms with Gasteiger partial charge < -0.3 is 14.0 Å². The number of para-hydroxylation sites is 2. The summed E-state index contributed by atoms with van der Waals surface area (Å²) in [6.07, 6.45) is 2.79. The second kappa shape index (κ2) is 9.97. The van der Waals surface area contributed by atoms with Crippen LogP contribution >= 0.6 is 11.3 Å². The molecular formula is C27H26N4O2S. The van der Waals surface area contributed by atoms with Gasteiger partial charge in [0.1, 0.15) is 11.5 Å². The summed E-state index contributed by atoms with van der Waals surface area (Å²) in [5.74, 6) is 1.68. The van der Waals surface area contributed by atoms with Crippen molar-refractivity contribution in [2.45, 2.75) is 19.9 Å². The van der Waals surface area contributed by atoms with Crippen molar-refractivity contribution in [2.75, 3.05) is 19.1 Å². The van der Waals surface area contributed by atoms with Crippen molar-refractivity contribution in [1.82, 2.24) is 9.55 Å². The largest absolute Gasteiger partial charge is 0.497 e. The quantitative estimate of drug-likeness (QED) is 0.152. The lowest BCUT2D eigenvalue weighted by Crippen LogP contribution is -2.06. The zero-order chi connectivity index (χ0) is 23.3. The van der Waals surface area contributed by atoms with Crippen LogP contribution in [0.3, 0.4) is 0 Å². The molecule has 172 valence electrons. The van der Waals surface area contributed by atoms with Crippen LogP contribution in [0, 0.1) is 6.92 Å². The average Bonchev–Trinajstić information content (AvgIpc) is 3.41. The van der Waals surface area contributed by atoms with Crippen molar-refractivity contribution in [3.05, 3.63) is 84.1 Å². The maximum atomic E-state index is 5.91. The summed E-state index contributed by atoms with van der Waals surface area (Å²) in [5, 5.41) is 6.48. The Bertz CT molecular complexity index is 1400. The molecule has 0 saturated carbocycles. The fraction of sp³-hybridized carbons (Fsp3) is 0.185. The summed E-state index contributed by atoms with van der Waals surface area (Å²) in [6, 6.07) is 24.2. The highest BCUT2D eigenvalue weighted by molar-refractivity contribution is 7.22. The lowest BCUT2D eigenvalue weighted by Gasteiger charge is -2.10. The minimum atomic E-state index is 0.640. The lowest BCUT2D eigenvalue weighted by atomic mass is 10.1. The number of aromatic nitrogens is 2. The Morgan fingerprint density at radius 2 is 1.76 bits per heavy atom. The molecule has 0 fully saturated rings. The summed E-state index contributed by atoms with van der Waals surface area (Å²) in [7, 11) is 1.66. The van der Waals surface area contributed by atoms with E-state index in [-0.39, 0.29) is 0 Å². The van der Waals surface area contributed by atoms with E-state index < -0.39 is 0 Å². The van der Waals surface area contributed by atoms with Gasteiger partial charge in [-0.1, -0.05) is 41.7 Å². The molecule has 0 aliphatic rings. The van der Waals surface area contributed by atoms with Crippen LogP contribution in [0.1, 0.15) is 17.7 Å². The molecule has 0 saturated heterocycles. The molecule has 0 aliphatic heterocycles. The number of aryl methyl sites for hydroxylation is 1. The molecule has 34 heavy (non-hydrogen) atoms. The summed E-state index contributed by atoms with van der Waals surface area (Å²) < 4.78 is 14.6. The first-order chi connectivity index (χ1) is 16.7. The molecule has 0 aliphatic carbocycles. The zero-order valence-corrected chi connectivity index (χ0v) is 20.0. The number of nitrogens with zero attached hydrogens (tertiary/aromatic N) is 3. The maximum Gasteiger partial charge on any atom is 0.204 e. The number of fused-ring (bicyclic) bond motifs is 2. The molecule has 3 aromatic carbocycles. The number of nitrogens with one attached hydrogen (secondary N) is 1. The Labute approximate surface area is 202 Å². The van der Waals surface area contributed by atoms with Crippen molar-refractivity contribution in [3.8, 4) is 11.5 Å². The van der Waals surface area contributed by atoms with Crippen LogP contribution in [0.4, 0.5) is 5.13 Å². The molecule has 6 nitrogen and oxygen atoms in total. The van der Waals surface area contributed by atoms with E-state index in [1.54, 1.807) is 18.4 Å². The van der Waals surface area contributed by atoms with Crippen LogP contribution < -0.4 is 14.9 Å². The van der Waals surface area contributed by atoms with Crippen molar-refractivity contribution < 1.29 is 9.47 Å². The molecule has 0 atom stereocenters. The smallest absolute Gasteiger partial charge is 0.204 e. The van der Waals surface area contributed by atoms with E-state index >= 15 is 0 Å². The van der Waals surface area contributed by atoms with Crippen LogP contribution in [0.15, 0.2) is 77.9 Å². The summed E-state index contributed by atoms with van der Waals surface area (Å²) >= 11 is 1.60. The number of hydrazone groups is 1. The Morgan fingerprint density at radius 3 is 2.59 bits per heavy atom. The number of rotatable bonds is 9. The summed E-state index contributed by atoms with van der Waals surface area (Å²) in [5.41, 5.74) is 7.57. The Balaban J connectivity index is 1.28. The van der Waals surface area contributed by atoms with Crippen molar-refractivity contribution in [3.63, 3.8) is 0 Å². The SMILES string of the molecule is COc1ccc(OCCCn2c(C)c(/C=N\Nc3nc4ccccc4s3)c3ccccc32)cc1. The van der Waals surface area contributed by atoms with Crippen LogP contribution in [0.25, 0.3) is 21.1 Å². The van der Waals surface area contributed by atoms with Gasteiger partial charge in [-0.25, -0.2) is 4.98 Å². The van der Waals surface area contributed by atoms with Gasteiger partial charge in [-0.05, 0) is 55.8 Å². The fourth-order valence-corrected chi connectivity index (χ4v) is 4.88. The number of anilines is 1. The number of hydrogen-bond acceptors (Lipinski definition) is 6. The third-order valence-corrected chi connectivity index (χ3v) is 6.72. The first-order valence-electron chi connectivity index (χ1n) is 11.2. The highest BCUT2D eigenvalue weighted by atomic mass is 32.1. The molecule has 0 radical (unpaired) electrons. The van der Waals surface area contributed by atoms with E-state index in [4.69, 9.17) is 9.47 Å². The molecule has 0 amide bonds. The molecule has 1 N–H and O–H groups in total. The molecule has 0 bridgehead atoms.